The van der Waals surface area contributed by atoms with E-state index in [4.69, 9.17) is 20.8 Å². The molecule has 0 fully saturated rings. The SMILES string of the molecule is COC(=O)c1ccc([C@H]2c3c(oc4ccccc4c3=O)C(=O)N2c2ccc(Cl)cn2)cc1. The van der Waals surface area contributed by atoms with E-state index in [1.807, 2.05) is 0 Å². The molecule has 0 unspecified atom stereocenters. The molecular formula is C24H15ClN2O5. The first-order chi connectivity index (χ1) is 15.5. The molecule has 4 aromatic rings. The molecule has 0 bridgehead atoms. The van der Waals surface area contributed by atoms with Gasteiger partial charge in [-0.3, -0.25) is 14.5 Å². The predicted molar refractivity (Wildman–Crippen MR) is 118 cm³/mol. The Bertz CT molecular complexity index is 1430. The van der Waals surface area contributed by atoms with E-state index in [0.717, 1.165) is 0 Å². The van der Waals surface area contributed by atoms with Crippen LogP contribution in [0.1, 0.15) is 38.1 Å². The second-order valence-corrected chi connectivity index (χ2v) is 7.63. The molecule has 0 radical (unpaired) electrons. The van der Waals surface area contributed by atoms with E-state index in [9.17, 15) is 14.4 Å². The number of hydrogen-bond donors (Lipinski definition) is 0. The number of hydrogen-bond acceptors (Lipinski definition) is 6. The van der Waals surface area contributed by atoms with E-state index >= 15 is 0 Å². The van der Waals surface area contributed by atoms with Gasteiger partial charge in [0.1, 0.15) is 11.4 Å². The van der Waals surface area contributed by atoms with Crippen LogP contribution in [0.25, 0.3) is 11.0 Å². The zero-order valence-electron chi connectivity index (χ0n) is 16.7. The van der Waals surface area contributed by atoms with Gasteiger partial charge in [-0.25, -0.2) is 9.78 Å². The highest BCUT2D eigenvalue weighted by Gasteiger charge is 2.44. The second kappa shape index (κ2) is 7.62. The van der Waals surface area contributed by atoms with Gasteiger partial charge in [-0.15, -0.1) is 0 Å². The van der Waals surface area contributed by atoms with Crippen LogP contribution in [-0.2, 0) is 4.74 Å². The largest absolute Gasteiger partial charge is 0.465 e. The normalized spacial score (nSPS) is 15.1. The fourth-order valence-corrected chi connectivity index (χ4v) is 4.01. The molecule has 8 heteroatoms. The molecule has 0 saturated carbocycles. The number of ether oxygens (including phenoxy) is 1. The topological polar surface area (TPSA) is 89.7 Å². The number of esters is 1. The molecule has 5 rings (SSSR count). The Morgan fingerprint density at radius 2 is 1.81 bits per heavy atom. The summed E-state index contributed by atoms with van der Waals surface area (Å²) < 4.78 is 10.6. The van der Waals surface area contributed by atoms with Crippen molar-refractivity contribution in [2.75, 3.05) is 12.0 Å². The molecule has 0 N–H and O–H groups in total. The molecule has 0 spiro atoms. The quantitative estimate of drug-likeness (QED) is 0.434. The number of para-hydroxylation sites is 1. The number of fused-ring (bicyclic) bond motifs is 2. The summed E-state index contributed by atoms with van der Waals surface area (Å²) in [6.45, 7) is 0. The average molecular weight is 447 g/mol. The van der Waals surface area contributed by atoms with Crippen molar-refractivity contribution in [3.05, 3.63) is 105 Å². The molecule has 1 atom stereocenters. The van der Waals surface area contributed by atoms with Crippen LogP contribution in [0.4, 0.5) is 5.82 Å². The van der Waals surface area contributed by atoms with Gasteiger partial charge in [-0.1, -0.05) is 35.9 Å². The van der Waals surface area contributed by atoms with E-state index in [-0.39, 0.29) is 16.8 Å². The van der Waals surface area contributed by atoms with E-state index in [2.05, 4.69) is 4.98 Å². The molecule has 7 nitrogen and oxygen atoms in total. The number of anilines is 1. The van der Waals surface area contributed by atoms with Crippen LogP contribution in [0, 0.1) is 0 Å². The van der Waals surface area contributed by atoms with Crippen molar-refractivity contribution in [2.24, 2.45) is 0 Å². The number of halogens is 1. The summed E-state index contributed by atoms with van der Waals surface area (Å²) in [6, 6.07) is 15.7. The van der Waals surface area contributed by atoms with E-state index in [1.54, 1.807) is 60.7 Å². The van der Waals surface area contributed by atoms with Gasteiger partial charge in [0.2, 0.25) is 5.76 Å². The molecule has 3 heterocycles. The summed E-state index contributed by atoms with van der Waals surface area (Å²) in [5.41, 5.74) is 1.21. The van der Waals surface area contributed by atoms with Crippen LogP contribution < -0.4 is 10.3 Å². The van der Waals surface area contributed by atoms with Crippen LogP contribution in [-0.4, -0.2) is 24.0 Å². The van der Waals surface area contributed by atoms with Gasteiger partial charge in [0.05, 0.1) is 34.7 Å². The number of carbonyl (C=O) groups is 2. The van der Waals surface area contributed by atoms with E-state index in [1.165, 1.54) is 18.2 Å². The highest BCUT2D eigenvalue weighted by atomic mass is 35.5. The second-order valence-electron chi connectivity index (χ2n) is 7.20. The minimum Gasteiger partial charge on any atom is -0.465 e. The first kappa shape index (κ1) is 20.0. The summed E-state index contributed by atoms with van der Waals surface area (Å²) >= 11 is 5.98. The Hall–Kier alpha value is -3.97. The number of rotatable bonds is 3. The molecule has 1 aliphatic heterocycles. The molecule has 2 aromatic carbocycles. The van der Waals surface area contributed by atoms with Crippen LogP contribution in [0.5, 0.6) is 0 Å². The number of carbonyl (C=O) groups excluding carboxylic acids is 2. The minimum absolute atomic E-state index is 0.0347. The third-order valence-electron chi connectivity index (χ3n) is 5.38. The van der Waals surface area contributed by atoms with Crippen molar-refractivity contribution in [1.82, 2.24) is 4.98 Å². The summed E-state index contributed by atoms with van der Waals surface area (Å²) in [4.78, 5) is 44.4. The lowest BCUT2D eigenvalue weighted by atomic mass is 9.97. The Morgan fingerprint density at radius 1 is 1.06 bits per heavy atom. The van der Waals surface area contributed by atoms with Gasteiger partial charge in [-0.05, 0) is 42.0 Å². The number of amides is 1. The molecule has 158 valence electrons. The lowest BCUT2D eigenvalue weighted by Gasteiger charge is -2.24. The predicted octanol–water partition coefficient (Wildman–Crippen LogP) is 4.38. The number of methoxy groups -OCH3 is 1. The Kier molecular flexibility index (Phi) is 4.75. The van der Waals surface area contributed by atoms with Crippen molar-refractivity contribution in [3.63, 3.8) is 0 Å². The molecule has 1 amide bonds. The molecule has 2 aromatic heterocycles. The smallest absolute Gasteiger partial charge is 0.337 e. The first-order valence-corrected chi connectivity index (χ1v) is 10.1. The first-order valence-electron chi connectivity index (χ1n) is 9.68. The fraction of sp³-hybridized carbons (Fsp3) is 0.0833. The van der Waals surface area contributed by atoms with Gasteiger partial charge >= 0.3 is 5.97 Å². The maximum Gasteiger partial charge on any atom is 0.337 e. The molecule has 1 aliphatic rings. The van der Waals surface area contributed by atoms with E-state index < -0.39 is 17.9 Å². The fourth-order valence-electron chi connectivity index (χ4n) is 3.90. The zero-order valence-corrected chi connectivity index (χ0v) is 17.5. The summed E-state index contributed by atoms with van der Waals surface area (Å²) in [5.74, 6) is -0.690. The monoisotopic (exact) mass is 446 g/mol. The number of benzene rings is 2. The minimum atomic E-state index is -0.793. The molecule has 32 heavy (non-hydrogen) atoms. The highest BCUT2D eigenvalue weighted by molar-refractivity contribution is 6.30. The van der Waals surface area contributed by atoms with Crippen LogP contribution in [0.2, 0.25) is 5.02 Å². The number of aromatic nitrogens is 1. The van der Waals surface area contributed by atoms with E-state index in [0.29, 0.717) is 32.9 Å². The van der Waals surface area contributed by atoms with Crippen LogP contribution >= 0.6 is 11.6 Å². The lowest BCUT2D eigenvalue weighted by Crippen LogP contribution is -2.30. The summed E-state index contributed by atoms with van der Waals surface area (Å²) in [7, 11) is 1.30. The van der Waals surface area contributed by atoms with Crippen molar-refractivity contribution in [1.29, 1.82) is 0 Å². The van der Waals surface area contributed by atoms with Crippen molar-refractivity contribution < 1.29 is 18.7 Å². The highest BCUT2D eigenvalue weighted by Crippen LogP contribution is 2.40. The van der Waals surface area contributed by atoms with Crippen molar-refractivity contribution in [3.8, 4) is 0 Å². The number of nitrogens with zero attached hydrogens (tertiary/aromatic N) is 2. The van der Waals surface area contributed by atoms with Gasteiger partial charge in [0.25, 0.3) is 5.91 Å². The number of pyridine rings is 1. The Balaban J connectivity index is 1.75. The molecular weight excluding hydrogens is 432 g/mol. The van der Waals surface area contributed by atoms with Crippen LogP contribution in [0.15, 0.2) is 76.1 Å². The van der Waals surface area contributed by atoms with Crippen molar-refractivity contribution in [2.45, 2.75) is 6.04 Å². The maximum absolute atomic E-state index is 13.4. The van der Waals surface area contributed by atoms with Gasteiger partial charge in [-0.2, -0.15) is 0 Å². The Labute approximate surface area is 186 Å². The van der Waals surface area contributed by atoms with Gasteiger partial charge in [0.15, 0.2) is 5.43 Å². The maximum atomic E-state index is 13.4. The van der Waals surface area contributed by atoms with Crippen LogP contribution in [0.3, 0.4) is 0 Å². The van der Waals surface area contributed by atoms with Crippen molar-refractivity contribution >= 4 is 40.3 Å². The van der Waals surface area contributed by atoms with Gasteiger partial charge in [0, 0.05) is 6.20 Å². The standard InChI is InChI=1S/C24H15ClN2O5/c1-31-24(30)14-8-6-13(7-9-14)20-19-21(28)16-4-2-3-5-17(16)32-22(19)23(29)27(20)18-11-10-15(25)12-26-18/h2-12,20H,1H3/t20-/m0/s1. The third-order valence-corrected chi connectivity index (χ3v) is 5.61. The average Bonchev–Trinajstić information content (AvgIpc) is 3.12. The molecule has 0 aliphatic carbocycles. The summed E-state index contributed by atoms with van der Waals surface area (Å²) in [6.07, 6.45) is 1.43. The van der Waals surface area contributed by atoms with Gasteiger partial charge < -0.3 is 9.15 Å². The molecule has 0 saturated heterocycles. The Morgan fingerprint density at radius 3 is 2.50 bits per heavy atom. The zero-order chi connectivity index (χ0) is 22.4. The third kappa shape index (κ3) is 3.06. The summed E-state index contributed by atoms with van der Waals surface area (Å²) in [5, 5.41) is 0.790. The lowest BCUT2D eigenvalue weighted by molar-refractivity contribution is 0.0600.